The third-order valence-corrected chi connectivity index (χ3v) is 5.56. The number of H-pyrrole nitrogens is 1. The van der Waals surface area contributed by atoms with Crippen molar-refractivity contribution in [2.75, 3.05) is 0 Å². The smallest absolute Gasteiger partial charge is 0.193 e. The van der Waals surface area contributed by atoms with Crippen LogP contribution >= 0.6 is 0 Å². The Morgan fingerprint density at radius 1 is 1.28 bits per heavy atom. The maximum atomic E-state index is 14.7. The van der Waals surface area contributed by atoms with E-state index in [1.165, 1.54) is 12.3 Å². The lowest BCUT2D eigenvalue weighted by Gasteiger charge is -2.39. The van der Waals surface area contributed by atoms with Gasteiger partial charge in [0, 0.05) is 36.7 Å². The molecule has 3 aromatic rings. The van der Waals surface area contributed by atoms with Gasteiger partial charge in [-0.25, -0.2) is 14.4 Å². The highest BCUT2D eigenvalue weighted by Crippen LogP contribution is 2.32. The fourth-order valence-electron chi connectivity index (χ4n) is 4.09. The Morgan fingerprint density at radius 3 is 2.97 bits per heavy atom. The lowest BCUT2D eigenvalue weighted by molar-refractivity contribution is 0.179. The molecule has 2 aliphatic heterocycles. The molecule has 5 rings (SSSR count). The molecule has 0 saturated carbocycles. The summed E-state index contributed by atoms with van der Waals surface area (Å²) in [7, 11) is 0. The summed E-state index contributed by atoms with van der Waals surface area (Å²) in [6, 6.07) is 1.68. The van der Waals surface area contributed by atoms with Gasteiger partial charge in [0.05, 0.1) is 11.8 Å². The quantitative estimate of drug-likeness (QED) is 0.706. The molecule has 2 saturated heterocycles. The Labute approximate surface area is 165 Å². The maximum Gasteiger partial charge on any atom is 0.193 e. The first-order valence-corrected chi connectivity index (χ1v) is 9.69. The van der Waals surface area contributed by atoms with Crippen LogP contribution in [0.1, 0.15) is 31.5 Å². The zero-order valence-corrected chi connectivity index (χ0v) is 15.6. The number of rotatable bonds is 3. The number of hydrogen-bond donors (Lipinski definition) is 2. The summed E-state index contributed by atoms with van der Waals surface area (Å²) in [5.74, 6) is 0.960. The number of aromatic nitrogens is 6. The van der Waals surface area contributed by atoms with Gasteiger partial charge in [0.15, 0.2) is 11.3 Å². The van der Waals surface area contributed by atoms with Crippen molar-refractivity contribution in [3.05, 3.63) is 58.8 Å². The molecule has 8 nitrogen and oxygen atoms in total. The van der Waals surface area contributed by atoms with E-state index < -0.39 is 6.17 Å². The summed E-state index contributed by atoms with van der Waals surface area (Å²) in [6.07, 6.45) is 12.4. The van der Waals surface area contributed by atoms with Crippen LogP contribution < -0.4 is 10.7 Å². The van der Waals surface area contributed by atoms with Gasteiger partial charge in [-0.05, 0) is 30.9 Å². The van der Waals surface area contributed by atoms with E-state index in [2.05, 4.69) is 30.5 Å². The molecule has 0 aromatic carbocycles. The second-order valence-corrected chi connectivity index (χ2v) is 7.49. The van der Waals surface area contributed by atoms with Crippen molar-refractivity contribution in [2.24, 2.45) is 0 Å². The van der Waals surface area contributed by atoms with Crippen LogP contribution in [-0.2, 0) is 0 Å². The summed E-state index contributed by atoms with van der Waals surface area (Å²) in [6.45, 7) is 0. The molecule has 2 N–H and O–H groups in total. The predicted molar refractivity (Wildman–Crippen MR) is 105 cm³/mol. The Bertz CT molecular complexity index is 1090. The highest BCUT2D eigenvalue weighted by Gasteiger charge is 2.36. The van der Waals surface area contributed by atoms with Gasteiger partial charge in [0.2, 0.25) is 0 Å². The molecule has 0 spiro atoms. The van der Waals surface area contributed by atoms with E-state index in [4.69, 9.17) is 0 Å². The minimum atomic E-state index is -1.02. The summed E-state index contributed by atoms with van der Waals surface area (Å²) >= 11 is 0. The average Bonchev–Trinajstić information content (AvgIpc) is 3.28. The van der Waals surface area contributed by atoms with Gasteiger partial charge in [0.1, 0.15) is 24.0 Å². The molecular formula is C20H20FN7O. The van der Waals surface area contributed by atoms with E-state index in [9.17, 15) is 9.18 Å². The van der Waals surface area contributed by atoms with E-state index in [1.807, 2.05) is 0 Å². The van der Waals surface area contributed by atoms with Crippen molar-refractivity contribution >= 4 is 6.08 Å². The lowest BCUT2D eigenvalue weighted by atomic mass is 9.82. The highest BCUT2D eigenvalue weighted by atomic mass is 19.1. The minimum Gasteiger partial charge on any atom is -0.347 e. The Kier molecular flexibility index (Phi) is 4.51. The molecule has 2 bridgehead atoms. The minimum absolute atomic E-state index is 0.117. The molecular weight excluding hydrogens is 373 g/mol. The first-order chi connectivity index (χ1) is 14.2. The first-order valence-electron chi connectivity index (χ1n) is 9.69. The van der Waals surface area contributed by atoms with Crippen molar-refractivity contribution in [3.8, 4) is 17.1 Å². The van der Waals surface area contributed by atoms with E-state index in [0.717, 1.165) is 24.8 Å². The lowest BCUT2D eigenvalue weighted by Crippen LogP contribution is -2.52. The van der Waals surface area contributed by atoms with Crippen LogP contribution in [0.3, 0.4) is 0 Å². The van der Waals surface area contributed by atoms with Crippen molar-refractivity contribution in [1.82, 2.24) is 35.0 Å². The SMILES string of the molecule is O=c1cc(-n2ccnc2)[nH]cc1-c1cnc(/C=C2\CC3CCCC(N3)[C@H]2F)nn1. The van der Waals surface area contributed by atoms with Gasteiger partial charge in [0.25, 0.3) is 0 Å². The van der Waals surface area contributed by atoms with E-state index >= 15 is 0 Å². The molecule has 9 heteroatoms. The summed E-state index contributed by atoms with van der Waals surface area (Å²) in [4.78, 5) is 23.8. The third-order valence-electron chi connectivity index (χ3n) is 5.56. The highest BCUT2D eigenvalue weighted by molar-refractivity contribution is 5.58. The third kappa shape index (κ3) is 3.49. The van der Waals surface area contributed by atoms with Crippen LogP contribution in [0.25, 0.3) is 23.2 Å². The fourth-order valence-corrected chi connectivity index (χ4v) is 4.09. The van der Waals surface area contributed by atoms with Crippen LogP contribution in [0.15, 0.2) is 47.5 Å². The zero-order chi connectivity index (χ0) is 19.8. The second kappa shape index (κ2) is 7.32. The molecule has 0 amide bonds. The molecule has 29 heavy (non-hydrogen) atoms. The fraction of sp³-hybridized carbons (Fsp3) is 0.350. The number of fused-ring (bicyclic) bond motifs is 2. The maximum absolute atomic E-state index is 14.7. The molecule has 2 aliphatic rings. The van der Waals surface area contributed by atoms with Crippen LogP contribution in [0, 0.1) is 0 Å². The molecule has 0 aliphatic carbocycles. The monoisotopic (exact) mass is 393 g/mol. The Hall–Kier alpha value is -3.20. The Balaban J connectivity index is 1.39. The molecule has 0 radical (unpaired) electrons. The van der Waals surface area contributed by atoms with Crippen LogP contribution in [0.2, 0.25) is 0 Å². The largest absolute Gasteiger partial charge is 0.347 e. The van der Waals surface area contributed by atoms with Gasteiger partial charge in [-0.3, -0.25) is 9.36 Å². The molecule has 2 fully saturated rings. The normalized spacial score (nSPS) is 25.3. The molecule has 148 valence electrons. The summed E-state index contributed by atoms with van der Waals surface area (Å²) in [5.41, 5.74) is 1.25. The van der Waals surface area contributed by atoms with Gasteiger partial charge in [-0.1, -0.05) is 6.42 Å². The van der Waals surface area contributed by atoms with Crippen molar-refractivity contribution < 1.29 is 4.39 Å². The summed E-state index contributed by atoms with van der Waals surface area (Å²) in [5, 5.41) is 11.6. The number of nitrogens with one attached hydrogen (secondary N) is 2. The van der Waals surface area contributed by atoms with Crippen molar-refractivity contribution in [3.63, 3.8) is 0 Å². The number of aromatic amines is 1. The number of alkyl halides is 1. The number of piperidine rings is 2. The van der Waals surface area contributed by atoms with E-state index in [1.54, 1.807) is 35.6 Å². The second-order valence-electron chi connectivity index (χ2n) is 7.49. The van der Waals surface area contributed by atoms with Gasteiger partial charge < -0.3 is 10.3 Å². The molecule has 3 aromatic heterocycles. The van der Waals surface area contributed by atoms with Gasteiger partial charge >= 0.3 is 0 Å². The average molecular weight is 393 g/mol. The topological polar surface area (TPSA) is 101 Å². The number of hydrogen-bond acceptors (Lipinski definition) is 6. The zero-order valence-electron chi connectivity index (χ0n) is 15.6. The van der Waals surface area contributed by atoms with Crippen LogP contribution in [-0.4, -0.2) is 48.0 Å². The number of imidazole rings is 1. The first kappa shape index (κ1) is 17.9. The molecule has 5 heterocycles. The molecule has 2 unspecified atom stereocenters. The number of nitrogens with zero attached hydrogens (tertiary/aromatic N) is 5. The Morgan fingerprint density at radius 2 is 2.21 bits per heavy atom. The number of pyridine rings is 1. The van der Waals surface area contributed by atoms with E-state index in [0.29, 0.717) is 35.4 Å². The van der Waals surface area contributed by atoms with Gasteiger partial charge in [-0.2, -0.15) is 0 Å². The van der Waals surface area contributed by atoms with Crippen LogP contribution in [0.4, 0.5) is 4.39 Å². The van der Waals surface area contributed by atoms with Crippen molar-refractivity contribution in [1.29, 1.82) is 0 Å². The predicted octanol–water partition coefficient (Wildman–Crippen LogP) is 2.05. The standard InChI is InChI=1S/C20H20FN7O/c21-20-12(6-13-2-1-3-15(20)25-13)7-18-23-10-16(26-27-18)14-9-24-19(8-17(14)29)28-5-4-22-11-28/h4-5,7-11,13,15,20,25H,1-3,6H2,(H,24,29)/b12-7+/t13?,15?,20-/m0/s1. The molecule has 3 atom stereocenters. The number of halogens is 1. The summed E-state index contributed by atoms with van der Waals surface area (Å²) < 4.78 is 16.4. The van der Waals surface area contributed by atoms with Crippen molar-refractivity contribution in [2.45, 2.75) is 43.9 Å². The van der Waals surface area contributed by atoms with Crippen LogP contribution in [0.5, 0.6) is 0 Å². The van der Waals surface area contributed by atoms with Gasteiger partial charge in [-0.15, -0.1) is 10.2 Å². The van der Waals surface area contributed by atoms with E-state index in [-0.39, 0.29) is 11.5 Å².